The molecular formula is C21H20ClN5O. The van der Waals surface area contributed by atoms with Crippen molar-refractivity contribution in [2.24, 2.45) is 0 Å². The third kappa shape index (κ3) is 5.26. The molecule has 0 amide bonds. The molecule has 7 heteroatoms. The highest BCUT2D eigenvalue weighted by Gasteiger charge is 2.10. The number of nitriles is 1. The van der Waals surface area contributed by atoms with Gasteiger partial charge in [-0.25, -0.2) is 4.98 Å². The van der Waals surface area contributed by atoms with Crippen LogP contribution in [-0.2, 0) is 13.1 Å². The highest BCUT2D eigenvalue weighted by Crippen LogP contribution is 2.17. The van der Waals surface area contributed by atoms with Crippen molar-refractivity contribution < 1.29 is 4.79 Å². The average Bonchev–Trinajstić information content (AvgIpc) is 3.18. The second-order valence-electron chi connectivity index (χ2n) is 6.55. The number of pyridine rings is 1. The highest BCUT2D eigenvalue weighted by molar-refractivity contribution is 6.30. The molecule has 6 nitrogen and oxygen atoms in total. The van der Waals surface area contributed by atoms with Gasteiger partial charge in [0, 0.05) is 42.6 Å². The molecule has 0 spiro atoms. The first-order valence-corrected chi connectivity index (χ1v) is 9.24. The molecule has 0 aliphatic rings. The normalized spacial score (nSPS) is 10.8. The Labute approximate surface area is 169 Å². The monoisotopic (exact) mass is 393 g/mol. The van der Waals surface area contributed by atoms with Gasteiger partial charge in [-0.2, -0.15) is 5.26 Å². The Morgan fingerprint density at radius 1 is 1.21 bits per heavy atom. The van der Waals surface area contributed by atoms with Gasteiger partial charge in [-0.15, -0.1) is 0 Å². The summed E-state index contributed by atoms with van der Waals surface area (Å²) < 4.78 is 2.00. The summed E-state index contributed by atoms with van der Waals surface area (Å²) in [6.45, 7) is 2.47. The van der Waals surface area contributed by atoms with Crippen molar-refractivity contribution in [2.45, 2.75) is 19.5 Å². The summed E-state index contributed by atoms with van der Waals surface area (Å²) in [6.07, 6.45) is 5.10. The van der Waals surface area contributed by atoms with E-state index in [1.807, 2.05) is 41.1 Å². The predicted molar refractivity (Wildman–Crippen MR) is 108 cm³/mol. The molecule has 1 aromatic carbocycles. The fourth-order valence-electron chi connectivity index (χ4n) is 2.80. The number of aromatic nitrogens is 3. The van der Waals surface area contributed by atoms with E-state index in [0.717, 1.165) is 24.7 Å². The van der Waals surface area contributed by atoms with Crippen molar-refractivity contribution in [1.82, 2.24) is 19.4 Å². The number of Topliss-reactive ketones (excluding diaryl/α,β-unsaturated/α-hetero) is 1. The summed E-state index contributed by atoms with van der Waals surface area (Å²) in [5.41, 5.74) is 3.01. The second-order valence-corrected chi connectivity index (χ2v) is 6.99. The number of hydrogen-bond donors (Lipinski definition) is 0. The number of hydrogen-bond acceptors (Lipinski definition) is 5. The molecule has 3 rings (SSSR count). The van der Waals surface area contributed by atoms with Gasteiger partial charge < -0.3 is 9.47 Å². The number of likely N-dealkylation sites (N-methyl/N-ethyl adjacent to an activating group) is 1. The van der Waals surface area contributed by atoms with Crippen LogP contribution in [0, 0.1) is 11.3 Å². The van der Waals surface area contributed by atoms with Gasteiger partial charge in [0.25, 0.3) is 0 Å². The Bertz CT molecular complexity index is 991. The van der Waals surface area contributed by atoms with E-state index in [4.69, 9.17) is 16.9 Å². The standard InChI is InChI=1S/C21H20ClN5O/c1-26(13-16-2-4-18(22)5-3-16)10-11-27-14-20(25-15-27)19-12-17(7-9-24-19)21(28)6-8-23/h2-5,7,9,12,14-15H,6,10-11,13H2,1H3. The molecule has 0 aliphatic heterocycles. The summed E-state index contributed by atoms with van der Waals surface area (Å²) in [5.74, 6) is -0.214. The van der Waals surface area contributed by atoms with Crippen LogP contribution in [-0.4, -0.2) is 38.8 Å². The molecule has 0 fully saturated rings. The van der Waals surface area contributed by atoms with E-state index in [0.29, 0.717) is 17.0 Å². The van der Waals surface area contributed by atoms with Crippen molar-refractivity contribution in [2.75, 3.05) is 13.6 Å². The molecule has 0 saturated heterocycles. The molecule has 28 heavy (non-hydrogen) atoms. The molecule has 0 atom stereocenters. The highest BCUT2D eigenvalue weighted by atomic mass is 35.5. The van der Waals surface area contributed by atoms with Gasteiger partial charge in [-0.3, -0.25) is 9.78 Å². The number of imidazole rings is 1. The number of halogens is 1. The minimum absolute atomic E-state index is 0.141. The first-order chi connectivity index (χ1) is 13.5. The molecule has 142 valence electrons. The van der Waals surface area contributed by atoms with E-state index in [1.54, 1.807) is 24.7 Å². The van der Waals surface area contributed by atoms with Gasteiger partial charge in [0.1, 0.15) is 5.69 Å². The van der Waals surface area contributed by atoms with Gasteiger partial charge in [0.15, 0.2) is 5.78 Å². The zero-order valence-electron chi connectivity index (χ0n) is 15.5. The minimum atomic E-state index is -0.214. The lowest BCUT2D eigenvalue weighted by Gasteiger charge is -2.16. The summed E-state index contributed by atoms with van der Waals surface area (Å²) in [5, 5.41) is 9.42. The lowest BCUT2D eigenvalue weighted by Crippen LogP contribution is -2.22. The zero-order valence-corrected chi connectivity index (χ0v) is 16.3. The molecule has 0 unspecified atom stereocenters. The van der Waals surface area contributed by atoms with Crippen LogP contribution in [0.5, 0.6) is 0 Å². The molecular weight excluding hydrogens is 374 g/mol. The van der Waals surface area contributed by atoms with Gasteiger partial charge in [0.05, 0.1) is 24.5 Å². The van der Waals surface area contributed by atoms with Gasteiger partial charge in [0.2, 0.25) is 0 Å². The van der Waals surface area contributed by atoms with E-state index in [-0.39, 0.29) is 12.2 Å². The maximum atomic E-state index is 11.9. The summed E-state index contributed by atoms with van der Waals surface area (Å²) in [4.78, 5) is 22.8. The number of nitrogens with zero attached hydrogens (tertiary/aromatic N) is 5. The van der Waals surface area contributed by atoms with Gasteiger partial charge in [-0.05, 0) is 36.9 Å². The van der Waals surface area contributed by atoms with Crippen LogP contribution in [0.3, 0.4) is 0 Å². The van der Waals surface area contributed by atoms with E-state index in [1.165, 1.54) is 5.56 Å². The number of carbonyl (C=O) groups excluding carboxylic acids is 1. The molecule has 3 aromatic rings. The molecule has 2 aromatic heterocycles. The van der Waals surface area contributed by atoms with E-state index >= 15 is 0 Å². The van der Waals surface area contributed by atoms with Crippen molar-refractivity contribution in [3.63, 3.8) is 0 Å². The Morgan fingerprint density at radius 2 is 2.00 bits per heavy atom. The molecule has 0 aliphatic carbocycles. The predicted octanol–water partition coefficient (Wildman–Crippen LogP) is 3.83. The summed E-state index contributed by atoms with van der Waals surface area (Å²) >= 11 is 5.92. The Kier molecular flexibility index (Phi) is 6.53. The lowest BCUT2D eigenvalue weighted by atomic mass is 10.1. The molecule has 0 saturated carbocycles. The van der Waals surface area contributed by atoms with Crippen molar-refractivity contribution in [3.8, 4) is 17.5 Å². The third-order valence-electron chi connectivity index (χ3n) is 4.32. The Balaban J connectivity index is 1.60. The maximum absolute atomic E-state index is 11.9. The fourth-order valence-corrected chi connectivity index (χ4v) is 2.93. The second kappa shape index (κ2) is 9.27. The van der Waals surface area contributed by atoms with E-state index < -0.39 is 0 Å². The molecule has 0 bridgehead atoms. The van der Waals surface area contributed by atoms with Gasteiger partial charge >= 0.3 is 0 Å². The topological polar surface area (TPSA) is 74.8 Å². The average molecular weight is 394 g/mol. The molecule has 2 heterocycles. The number of carbonyl (C=O) groups is 1. The Hall–Kier alpha value is -3.01. The van der Waals surface area contributed by atoms with Crippen LogP contribution < -0.4 is 0 Å². The van der Waals surface area contributed by atoms with Crippen molar-refractivity contribution in [3.05, 3.63) is 71.3 Å². The van der Waals surface area contributed by atoms with Crippen molar-refractivity contribution in [1.29, 1.82) is 5.26 Å². The molecule has 0 radical (unpaired) electrons. The van der Waals surface area contributed by atoms with Crippen LogP contribution in [0.1, 0.15) is 22.3 Å². The number of rotatable bonds is 8. The van der Waals surface area contributed by atoms with Crippen LogP contribution in [0.2, 0.25) is 5.02 Å². The summed E-state index contributed by atoms with van der Waals surface area (Å²) in [6, 6.07) is 13.0. The largest absolute Gasteiger partial charge is 0.335 e. The van der Waals surface area contributed by atoms with Crippen LogP contribution >= 0.6 is 11.6 Å². The number of ketones is 1. The smallest absolute Gasteiger partial charge is 0.177 e. The maximum Gasteiger partial charge on any atom is 0.177 e. The van der Waals surface area contributed by atoms with E-state index in [2.05, 4.69) is 21.9 Å². The van der Waals surface area contributed by atoms with Crippen LogP contribution in [0.15, 0.2) is 55.1 Å². The van der Waals surface area contributed by atoms with Crippen LogP contribution in [0.4, 0.5) is 0 Å². The molecule has 0 N–H and O–H groups in total. The third-order valence-corrected chi connectivity index (χ3v) is 4.57. The van der Waals surface area contributed by atoms with Crippen LogP contribution in [0.25, 0.3) is 11.4 Å². The zero-order chi connectivity index (χ0) is 19.9. The quantitative estimate of drug-likeness (QED) is 0.544. The first kappa shape index (κ1) is 19.7. The SMILES string of the molecule is CN(CCn1cnc(-c2cc(C(=O)CC#N)ccn2)c1)Cc1ccc(Cl)cc1. The van der Waals surface area contributed by atoms with Gasteiger partial charge in [-0.1, -0.05) is 23.7 Å². The number of benzene rings is 1. The van der Waals surface area contributed by atoms with E-state index in [9.17, 15) is 4.79 Å². The minimum Gasteiger partial charge on any atom is -0.335 e. The Morgan fingerprint density at radius 3 is 2.75 bits per heavy atom. The summed E-state index contributed by atoms with van der Waals surface area (Å²) in [7, 11) is 2.07. The lowest BCUT2D eigenvalue weighted by molar-refractivity contribution is 0.0997. The first-order valence-electron chi connectivity index (χ1n) is 8.86. The van der Waals surface area contributed by atoms with Crippen molar-refractivity contribution >= 4 is 17.4 Å². The fraction of sp³-hybridized carbons (Fsp3) is 0.238.